The zero-order valence-electron chi connectivity index (χ0n) is 10.4. The molecule has 0 saturated heterocycles. The zero-order valence-corrected chi connectivity index (χ0v) is 11.2. The number of aromatic carboxylic acids is 1. The second-order valence-electron chi connectivity index (χ2n) is 4.22. The average Bonchev–Trinajstić information content (AvgIpc) is 2.70. The van der Waals surface area contributed by atoms with Gasteiger partial charge in [-0.3, -0.25) is 0 Å². The molecule has 3 nitrogen and oxygen atoms in total. The van der Waals surface area contributed by atoms with Gasteiger partial charge in [0.2, 0.25) is 0 Å². The smallest absolute Gasteiger partial charge is 0.345 e. The third kappa shape index (κ3) is 2.90. The van der Waals surface area contributed by atoms with E-state index in [2.05, 4.69) is 5.32 Å². The SMILES string of the molecule is Cc1ccc(NCc2cc(C(=O)O)sc2C)cc1. The number of carboxylic acid groups (broad SMARTS) is 1. The summed E-state index contributed by atoms with van der Waals surface area (Å²) in [7, 11) is 0. The lowest BCUT2D eigenvalue weighted by atomic mass is 10.2. The monoisotopic (exact) mass is 261 g/mol. The third-order valence-corrected chi connectivity index (χ3v) is 3.85. The van der Waals surface area contributed by atoms with E-state index in [-0.39, 0.29) is 0 Å². The zero-order chi connectivity index (χ0) is 13.1. The Hall–Kier alpha value is -1.81. The van der Waals surface area contributed by atoms with Gasteiger partial charge in [-0.25, -0.2) is 4.79 Å². The first kappa shape index (κ1) is 12.6. The van der Waals surface area contributed by atoms with Crippen molar-refractivity contribution in [1.82, 2.24) is 0 Å². The Kier molecular flexibility index (Phi) is 3.67. The van der Waals surface area contributed by atoms with Crippen LogP contribution in [0.25, 0.3) is 0 Å². The van der Waals surface area contributed by atoms with Crippen molar-refractivity contribution in [1.29, 1.82) is 0 Å². The van der Waals surface area contributed by atoms with E-state index in [1.165, 1.54) is 16.9 Å². The molecule has 0 amide bonds. The Labute approximate surface area is 110 Å². The molecule has 0 aliphatic carbocycles. The van der Waals surface area contributed by atoms with Crippen molar-refractivity contribution in [3.8, 4) is 0 Å². The van der Waals surface area contributed by atoms with Crippen molar-refractivity contribution >= 4 is 23.0 Å². The van der Waals surface area contributed by atoms with Gasteiger partial charge in [-0.1, -0.05) is 17.7 Å². The van der Waals surface area contributed by atoms with Crippen molar-refractivity contribution in [3.05, 3.63) is 51.2 Å². The van der Waals surface area contributed by atoms with E-state index in [0.29, 0.717) is 11.4 Å². The minimum absolute atomic E-state index is 0.396. The van der Waals surface area contributed by atoms with Gasteiger partial charge in [-0.05, 0) is 37.6 Å². The third-order valence-electron chi connectivity index (χ3n) is 2.77. The van der Waals surface area contributed by atoms with E-state index in [4.69, 9.17) is 5.11 Å². The molecule has 0 radical (unpaired) electrons. The number of aryl methyl sites for hydroxylation is 2. The summed E-state index contributed by atoms with van der Waals surface area (Å²) < 4.78 is 0. The van der Waals surface area contributed by atoms with Crippen molar-refractivity contribution in [3.63, 3.8) is 0 Å². The lowest BCUT2D eigenvalue weighted by Crippen LogP contribution is -1.99. The van der Waals surface area contributed by atoms with Gasteiger partial charge in [-0.2, -0.15) is 0 Å². The number of hydrogen-bond donors (Lipinski definition) is 2. The topological polar surface area (TPSA) is 49.3 Å². The molecule has 0 fully saturated rings. The van der Waals surface area contributed by atoms with Crippen molar-refractivity contribution in [2.75, 3.05) is 5.32 Å². The number of carbonyl (C=O) groups is 1. The summed E-state index contributed by atoms with van der Waals surface area (Å²) in [5.41, 5.74) is 3.31. The summed E-state index contributed by atoms with van der Waals surface area (Å²) in [5, 5.41) is 12.2. The van der Waals surface area contributed by atoms with Crippen molar-refractivity contribution in [2.45, 2.75) is 20.4 Å². The van der Waals surface area contributed by atoms with E-state index >= 15 is 0 Å². The van der Waals surface area contributed by atoms with Crippen LogP contribution in [0.1, 0.15) is 25.7 Å². The summed E-state index contributed by atoms with van der Waals surface area (Å²) >= 11 is 1.32. The van der Waals surface area contributed by atoms with Crippen LogP contribution >= 0.6 is 11.3 Å². The van der Waals surface area contributed by atoms with E-state index in [0.717, 1.165) is 16.1 Å². The Morgan fingerprint density at radius 3 is 2.50 bits per heavy atom. The Morgan fingerprint density at radius 2 is 1.94 bits per heavy atom. The van der Waals surface area contributed by atoms with Crippen LogP contribution in [0, 0.1) is 13.8 Å². The largest absolute Gasteiger partial charge is 0.477 e. The van der Waals surface area contributed by atoms with E-state index in [1.54, 1.807) is 6.07 Å². The van der Waals surface area contributed by atoms with Gasteiger partial charge in [0.1, 0.15) is 4.88 Å². The highest BCUT2D eigenvalue weighted by Crippen LogP contribution is 2.22. The summed E-state index contributed by atoms with van der Waals surface area (Å²) in [6, 6.07) is 9.88. The highest BCUT2D eigenvalue weighted by Gasteiger charge is 2.10. The van der Waals surface area contributed by atoms with Crippen LogP contribution in [-0.4, -0.2) is 11.1 Å². The highest BCUT2D eigenvalue weighted by molar-refractivity contribution is 7.14. The minimum atomic E-state index is -0.857. The molecule has 18 heavy (non-hydrogen) atoms. The van der Waals surface area contributed by atoms with Gasteiger partial charge < -0.3 is 10.4 Å². The normalized spacial score (nSPS) is 10.3. The maximum Gasteiger partial charge on any atom is 0.345 e. The number of rotatable bonds is 4. The van der Waals surface area contributed by atoms with Crippen LogP contribution in [0.2, 0.25) is 0 Å². The molecule has 0 aliphatic heterocycles. The number of anilines is 1. The van der Waals surface area contributed by atoms with E-state index < -0.39 is 5.97 Å². The number of benzene rings is 1. The van der Waals surface area contributed by atoms with Crippen LogP contribution < -0.4 is 5.32 Å². The maximum absolute atomic E-state index is 10.9. The molecule has 0 bridgehead atoms. The van der Waals surface area contributed by atoms with Gasteiger partial charge in [0.25, 0.3) is 0 Å². The molecule has 1 heterocycles. The number of thiophene rings is 1. The number of nitrogens with one attached hydrogen (secondary N) is 1. The Balaban J connectivity index is 2.06. The second-order valence-corrected chi connectivity index (χ2v) is 5.47. The lowest BCUT2D eigenvalue weighted by Gasteiger charge is -2.06. The number of hydrogen-bond acceptors (Lipinski definition) is 3. The Morgan fingerprint density at radius 1 is 1.28 bits per heavy atom. The van der Waals surface area contributed by atoms with Crippen LogP contribution in [0.4, 0.5) is 5.69 Å². The summed E-state index contributed by atoms with van der Waals surface area (Å²) in [5.74, 6) is -0.857. The fourth-order valence-electron chi connectivity index (χ4n) is 1.67. The average molecular weight is 261 g/mol. The standard InChI is InChI=1S/C14H15NO2S/c1-9-3-5-12(6-4-9)15-8-11-7-13(14(16)17)18-10(11)2/h3-7,15H,8H2,1-2H3,(H,16,17). The fourth-order valence-corrected chi connectivity index (χ4v) is 2.55. The molecular formula is C14H15NO2S. The van der Waals surface area contributed by atoms with Crippen LogP contribution in [0.15, 0.2) is 30.3 Å². The quantitative estimate of drug-likeness (QED) is 0.882. The first-order valence-corrected chi connectivity index (χ1v) is 6.51. The molecular weight excluding hydrogens is 246 g/mol. The highest BCUT2D eigenvalue weighted by atomic mass is 32.1. The second kappa shape index (κ2) is 5.23. The van der Waals surface area contributed by atoms with Gasteiger partial charge in [0.15, 0.2) is 0 Å². The van der Waals surface area contributed by atoms with E-state index in [1.807, 2.05) is 38.1 Å². The molecule has 4 heteroatoms. The first-order valence-electron chi connectivity index (χ1n) is 5.69. The molecule has 0 atom stereocenters. The van der Waals surface area contributed by atoms with Gasteiger partial charge in [-0.15, -0.1) is 11.3 Å². The molecule has 94 valence electrons. The lowest BCUT2D eigenvalue weighted by molar-refractivity contribution is 0.0702. The van der Waals surface area contributed by atoms with Gasteiger partial charge in [0.05, 0.1) is 0 Å². The molecule has 2 aromatic rings. The van der Waals surface area contributed by atoms with Crippen LogP contribution in [0.5, 0.6) is 0 Å². The van der Waals surface area contributed by atoms with Gasteiger partial charge in [0, 0.05) is 17.1 Å². The van der Waals surface area contributed by atoms with Crippen molar-refractivity contribution in [2.24, 2.45) is 0 Å². The summed E-state index contributed by atoms with van der Waals surface area (Å²) in [6.07, 6.45) is 0. The van der Waals surface area contributed by atoms with Crippen LogP contribution in [0.3, 0.4) is 0 Å². The first-order chi connectivity index (χ1) is 8.56. The molecule has 1 aromatic carbocycles. The van der Waals surface area contributed by atoms with Crippen molar-refractivity contribution < 1.29 is 9.90 Å². The maximum atomic E-state index is 10.9. The Bertz CT molecular complexity index is 558. The predicted molar refractivity (Wildman–Crippen MR) is 74.5 cm³/mol. The molecule has 0 aliphatic rings. The number of carboxylic acids is 1. The fraction of sp³-hybridized carbons (Fsp3) is 0.214. The summed E-state index contributed by atoms with van der Waals surface area (Å²) in [6.45, 7) is 4.65. The molecule has 0 saturated carbocycles. The minimum Gasteiger partial charge on any atom is -0.477 e. The van der Waals surface area contributed by atoms with Crippen LogP contribution in [-0.2, 0) is 6.54 Å². The van der Waals surface area contributed by atoms with E-state index in [9.17, 15) is 4.79 Å². The molecule has 2 rings (SSSR count). The van der Waals surface area contributed by atoms with Gasteiger partial charge >= 0.3 is 5.97 Å². The predicted octanol–water partition coefficient (Wildman–Crippen LogP) is 3.68. The molecule has 0 unspecified atom stereocenters. The molecule has 0 spiro atoms. The molecule has 2 N–H and O–H groups in total. The molecule has 1 aromatic heterocycles. The summed E-state index contributed by atoms with van der Waals surface area (Å²) in [4.78, 5) is 12.3.